The molecule has 0 saturated carbocycles. The first-order valence-corrected chi connectivity index (χ1v) is 14.9. The highest BCUT2D eigenvalue weighted by Gasteiger charge is 2.35. The van der Waals surface area contributed by atoms with Crippen LogP contribution in [-0.4, -0.2) is 73.8 Å². The van der Waals surface area contributed by atoms with Crippen LogP contribution in [0.1, 0.15) is 92.6 Å². The molecule has 0 N–H and O–H groups in total. The number of guanidine groups is 1. The van der Waals surface area contributed by atoms with Gasteiger partial charge in [-0.2, -0.15) is 0 Å². The molecule has 0 amide bonds. The van der Waals surface area contributed by atoms with Crippen LogP contribution in [0.4, 0.5) is 0 Å². The van der Waals surface area contributed by atoms with Crippen molar-refractivity contribution in [3.8, 4) is 0 Å². The first kappa shape index (κ1) is 30.4. The summed E-state index contributed by atoms with van der Waals surface area (Å²) in [5.74, 6) is 1.01. The van der Waals surface area contributed by atoms with E-state index in [2.05, 4.69) is 56.3 Å². The zero-order chi connectivity index (χ0) is 25.7. The molecule has 0 radical (unpaired) electrons. The average molecular weight is 495 g/mol. The average Bonchev–Trinajstić information content (AvgIpc) is 3.35. The molecular formula is C27H50N4O2S. The molecule has 1 aromatic rings. The maximum atomic E-state index is 13.3. The zero-order valence-electron chi connectivity index (χ0n) is 23.0. The van der Waals surface area contributed by atoms with E-state index in [0.29, 0.717) is 35.9 Å². The SMILES string of the molecule is CC.CCC.CCCCC(C)N1CCN(C2=NCCN2S(=O)(=O)c2ccc(C(C)C)cc2)CC1. The van der Waals surface area contributed by atoms with Crippen LogP contribution < -0.4 is 0 Å². The van der Waals surface area contributed by atoms with Crippen molar-refractivity contribution in [1.82, 2.24) is 14.1 Å². The van der Waals surface area contributed by atoms with E-state index in [1.54, 1.807) is 12.1 Å². The van der Waals surface area contributed by atoms with Gasteiger partial charge in [0, 0.05) is 32.2 Å². The van der Waals surface area contributed by atoms with Gasteiger partial charge in [-0.25, -0.2) is 12.7 Å². The van der Waals surface area contributed by atoms with Gasteiger partial charge >= 0.3 is 0 Å². The summed E-state index contributed by atoms with van der Waals surface area (Å²) < 4.78 is 28.0. The Labute approximate surface area is 210 Å². The lowest BCUT2D eigenvalue weighted by Gasteiger charge is -2.40. The minimum absolute atomic E-state index is 0.350. The molecule has 2 aliphatic heterocycles. The first-order chi connectivity index (χ1) is 16.3. The highest BCUT2D eigenvalue weighted by molar-refractivity contribution is 7.89. The zero-order valence-corrected chi connectivity index (χ0v) is 23.9. The number of sulfonamides is 1. The number of benzene rings is 1. The molecule has 2 heterocycles. The molecule has 6 nitrogen and oxygen atoms in total. The van der Waals surface area contributed by atoms with Crippen molar-refractivity contribution in [3.63, 3.8) is 0 Å². The largest absolute Gasteiger partial charge is 0.339 e. The Morgan fingerprint density at radius 2 is 1.47 bits per heavy atom. The Morgan fingerprint density at radius 1 is 0.912 bits per heavy atom. The summed E-state index contributed by atoms with van der Waals surface area (Å²) in [6, 6.07) is 7.88. The fourth-order valence-electron chi connectivity index (χ4n) is 4.10. The van der Waals surface area contributed by atoms with Gasteiger partial charge < -0.3 is 4.90 Å². The molecule has 1 fully saturated rings. The summed E-state index contributed by atoms with van der Waals surface area (Å²) in [6.07, 6.45) is 4.96. The Bertz CT molecular complexity index is 814. The van der Waals surface area contributed by atoms with Crippen molar-refractivity contribution >= 4 is 16.0 Å². The monoisotopic (exact) mass is 494 g/mol. The summed E-state index contributed by atoms with van der Waals surface area (Å²) in [7, 11) is -3.57. The van der Waals surface area contributed by atoms with Gasteiger partial charge in [-0.05, 0) is 37.0 Å². The van der Waals surface area contributed by atoms with Crippen molar-refractivity contribution in [2.45, 2.75) is 97.9 Å². The topological polar surface area (TPSA) is 56.2 Å². The molecule has 1 atom stereocenters. The van der Waals surface area contributed by atoms with E-state index in [-0.39, 0.29) is 0 Å². The van der Waals surface area contributed by atoms with E-state index in [1.807, 2.05) is 26.0 Å². The molecule has 1 unspecified atom stereocenters. The van der Waals surface area contributed by atoms with Gasteiger partial charge in [0.25, 0.3) is 10.0 Å². The molecule has 2 aliphatic rings. The van der Waals surface area contributed by atoms with Crippen molar-refractivity contribution in [3.05, 3.63) is 29.8 Å². The summed E-state index contributed by atoms with van der Waals surface area (Å²) in [6.45, 7) is 21.5. The fourth-order valence-corrected chi connectivity index (χ4v) is 5.55. The van der Waals surface area contributed by atoms with Crippen LogP contribution in [0, 0.1) is 0 Å². The number of rotatable bonds is 7. The maximum absolute atomic E-state index is 13.3. The Hall–Kier alpha value is -1.60. The van der Waals surface area contributed by atoms with Crippen molar-refractivity contribution in [2.24, 2.45) is 4.99 Å². The van der Waals surface area contributed by atoms with Gasteiger partial charge in [-0.3, -0.25) is 9.89 Å². The van der Waals surface area contributed by atoms with E-state index in [0.717, 1.165) is 31.7 Å². The van der Waals surface area contributed by atoms with Gasteiger partial charge in [0.1, 0.15) is 0 Å². The number of unbranched alkanes of at least 4 members (excludes halogenated alkanes) is 1. The van der Waals surface area contributed by atoms with Gasteiger partial charge in [-0.15, -0.1) is 0 Å². The Kier molecular flexibility index (Phi) is 13.8. The second kappa shape index (κ2) is 15.4. The molecule has 0 aliphatic carbocycles. The van der Waals surface area contributed by atoms with E-state index >= 15 is 0 Å². The minimum atomic E-state index is -3.57. The standard InChI is InChI=1S/C22H36N4O2S.C3H8.C2H6/c1-5-6-7-19(4)24-14-16-25(17-15-24)22-23-12-13-26(22)29(27,28)21-10-8-20(9-11-21)18(2)3;1-3-2;1-2/h8-11,18-19H,5-7,12-17H2,1-4H3;3H2,1-2H3;1-2H3. The fraction of sp³-hybridized carbons (Fsp3) is 0.741. The molecular weight excluding hydrogens is 444 g/mol. The first-order valence-electron chi connectivity index (χ1n) is 13.4. The molecule has 0 bridgehead atoms. The van der Waals surface area contributed by atoms with Crippen LogP contribution in [0.15, 0.2) is 34.2 Å². The van der Waals surface area contributed by atoms with E-state index < -0.39 is 10.0 Å². The normalized spacial score (nSPS) is 17.5. The minimum Gasteiger partial charge on any atom is -0.339 e. The lowest BCUT2D eigenvalue weighted by atomic mass is 10.0. The molecule has 196 valence electrons. The quantitative estimate of drug-likeness (QED) is 0.480. The third-order valence-electron chi connectivity index (χ3n) is 6.11. The molecule has 34 heavy (non-hydrogen) atoms. The lowest BCUT2D eigenvalue weighted by Crippen LogP contribution is -2.55. The van der Waals surface area contributed by atoms with Crippen LogP contribution in [-0.2, 0) is 10.0 Å². The molecule has 0 spiro atoms. The van der Waals surface area contributed by atoms with Crippen LogP contribution in [0.3, 0.4) is 0 Å². The van der Waals surface area contributed by atoms with Gasteiger partial charge in [0.15, 0.2) is 0 Å². The van der Waals surface area contributed by atoms with Crippen LogP contribution >= 0.6 is 0 Å². The predicted octanol–water partition coefficient (Wildman–Crippen LogP) is 5.81. The second-order valence-corrected chi connectivity index (χ2v) is 11.1. The van der Waals surface area contributed by atoms with E-state index in [4.69, 9.17) is 0 Å². The third kappa shape index (κ3) is 8.26. The summed E-state index contributed by atoms with van der Waals surface area (Å²) in [4.78, 5) is 9.59. The van der Waals surface area contributed by atoms with Crippen molar-refractivity contribution < 1.29 is 8.42 Å². The number of hydrogen-bond acceptors (Lipinski definition) is 5. The maximum Gasteiger partial charge on any atom is 0.266 e. The van der Waals surface area contributed by atoms with E-state index in [9.17, 15) is 8.42 Å². The van der Waals surface area contributed by atoms with Crippen LogP contribution in [0.2, 0.25) is 0 Å². The lowest BCUT2D eigenvalue weighted by molar-refractivity contribution is 0.130. The van der Waals surface area contributed by atoms with Gasteiger partial charge in [0.05, 0.1) is 18.0 Å². The number of hydrogen-bond donors (Lipinski definition) is 0. The van der Waals surface area contributed by atoms with Crippen molar-refractivity contribution in [2.75, 3.05) is 39.3 Å². The van der Waals surface area contributed by atoms with Crippen LogP contribution in [0.5, 0.6) is 0 Å². The molecule has 0 aromatic heterocycles. The molecule has 3 rings (SSSR count). The Morgan fingerprint density at radius 3 is 1.97 bits per heavy atom. The summed E-state index contributed by atoms with van der Waals surface area (Å²) in [5, 5.41) is 0. The molecule has 1 saturated heterocycles. The van der Waals surface area contributed by atoms with Crippen molar-refractivity contribution in [1.29, 1.82) is 0 Å². The van der Waals surface area contributed by atoms with Gasteiger partial charge in [-0.1, -0.05) is 79.9 Å². The highest BCUT2D eigenvalue weighted by atomic mass is 32.2. The van der Waals surface area contributed by atoms with Gasteiger partial charge in [0.2, 0.25) is 5.96 Å². The molecule has 7 heteroatoms. The number of piperazine rings is 1. The smallest absolute Gasteiger partial charge is 0.266 e. The number of nitrogens with zero attached hydrogens (tertiary/aromatic N) is 4. The third-order valence-corrected chi connectivity index (χ3v) is 7.90. The van der Waals surface area contributed by atoms with E-state index in [1.165, 1.54) is 30.0 Å². The highest BCUT2D eigenvalue weighted by Crippen LogP contribution is 2.24. The summed E-state index contributed by atoms with van der Waals surface area (Å²) in [5.41, 5.74) is 1.15. The number of aliphatic imine (C=N–C) groups is 1. The Balaban J connectivity index is 0.00000107. The summed E-state index contributed by atoms with van der Waals surface area (Å²) >= 11 is 0. The molecule has 1 aromatic carbocycles. The predicted molar refractivity (Wildman–Crippen MR) is 146 cm³/mol. The van der Waals surface area contributed by atoms with Crippen LogP contribution in [0.25, 0.3) is 0 Å². The second-order valence-electron chi connectivity index (χ2n) is 9.20.